The highest BCUT2D eigenvalue weighted by molar-refractivity contribution is 7.09. The van der Waals surface area contributed by atoms with E-state index in [1.165, 1.54) is 23.7 Å². The minimum atomic E-state index is -0.803. The maximum absolute atomic E-state index is 13.3. The molecule has 28 heavy (non-hydrogen) atoms. The topological polar surface area (TPSA) is 45.2 Å². The quantitative estimate of drug-likeness (QED) is 0.625. The number of halogens is 3. The standard InChI is InChI=1S/C19H18ClF2N5S/c20-14-2-4-17(23-12-14)18-24-19(28-25-18)27-9-7-26(8-10-27)6-5-13-1-3-15(21)16(22)11-13/h1-4,11-12H,5-10H2. The van der Waals surface area contributed by atoms with Crippen LogP contribution in [0, 0.1) is 11.6 Å². The van der Waals surface area contributed by atoms with Gasteiger partial charge in [-0.05, 0) is 36.2 Å². The molecular weight excluding hydrogens is 404 g/mol. The lowest BCUT2D eigenvalue weighted by Gasteiger charge is -2.34. The van der Waals surface area contributed by atoms with Crippen molar-refractivity contribution in [2.45, 2.75) is 6.42 Å². The molecule has 9 heteroatoms. The van der Waals surface area contributed by atoms with Crippen LogP contribution in [0.2, 0.25) is 5.02 Å². The summed E-state index contributed by atoms with van der Waals surface area (Å²) < 4.78 is 30.7. The van der Waals surface area contributed by atoms with Gasteiger partial charge >= 0.3 is 0 Å². The minimum Gasteiger partial charge on any atom is -0.344 e. The van der Waals surface area contributed by atoms with E-state index in [2.05, 4.69) is 24.1 Å². The molecule has 1 saturated heterocycles. The van der Waals surface area contributed by atoms with Crippen molar-refractivity contribution in [1.29, 1.82) is 0 Å². The third-order valence-corrected chi connectivity index (χ3v) is 5.72. The maximum Gasteiger partial charge on any atom is 0.205 e. The molecule has 0 saturated carbocycles. The molecular formula is C19H18ClF2N5S. The van der Waals surface area contributed by atoms with Crippen LogP contribution < -0.4 is 4.90 Å². The van der Waals surface area contributed by atoms with Gasteiger partial charge in [0.05, 0.1) is 5.02 Å². The molecule has 0 aliphatic carbocycles. The monoisotopic (exact) mass is 421 g/mol. The van der Waals surface area contributed by atoms with Crippen LogP contribution in [0.4, 0.5) is 13.9 Å². The predicted octanol–water partition coefficient (Wildman–Crippen LogP) is 3.90. The first-order valence-electron chi connectivity index (χ1n) is 8.95. The lowest BCUT2D eigenvalue weighted by molar-refractivity contribution is 0.261. The van der Waals surface area contributed by atoms with Gasteiger partial charge in [-0.25, -0.2) is 8.78 Å². The van der Waals surface area contributed by atoms with E-state index in [1.807, 2.05) is 6.07 Å². The fraction of sp³-hybridized carbons (Fsp3) is 0.316. The Morgan fingerprint density at radius 2 is 1.86 bits per heavy atom. The number of hydrogen-bond acceptors (Lipinski definition) is 6. The summed E-state index contributed by atoms with van der Waals surface area (Å²) in [7, 11) is 0. The predicted molar refractivity (Wildman–Crippen MR) is 107 cm³/mol. The van der Waals surface area contributed by atoms with Crippen molar-refractivity contribution >= 4 is 28.3 Å². The fourth-order valence-electron chi connectivity index (χ4n) is 3.10. The van der Waals surface area contributed by atoms with E-state index >= 15 is 0 Å². The lowest BCUT2D eigenvalue weighted by Crippen LogP contribution is -2.47. The first-order chi connectivity index (χ1) is 13.6. The number of anilines is 1. The number of rotatable bonds is 5. The zero-order valence-corrected chi connectivity index (χ0v) is 16.6. The van der Waals surface area contributed by atoms with Crippen molar-refractivity contribution in [2.75, 3.05) is 37.6 Å². The third-order valence-electron chi connectivity index (χ3n) is 4.72. The van der Waals surface area contributed by atoms with Crippen LogP contribution in [0.25, 0.3) is 11.5 Å². The van der Waals surface area contributed by atoms with Gasteiger partial charge in [0.2, 0.25) is 5.13 Å². The van der Waals surface area contributed by atoms with Gasteiger partial charge in [-0.1, -0.05) is 17.7 Å². The first-order valence-corrected chi connectivity index (χ1v) is 10.1. The molecule has 0 amide bonds. The van der Waals surface area contributed by atoms with Gasteiger partial charge < -0.3 is 4.90 Å². The molecule has 1 fully saturated rings. The molecule has 0 radical (unpaired) electrons. The summed E-state index contributed by atoms with van der Waals surface area (Å²) in [4.78, 5) is 13.4. The molecule has 0 bridgehead atoms. The summed E-state index contributed by atoms with van der Waals surface area (Å²) in [6.07, 6.45) is 2.28. The Balaban J connectivity index is 1.30. The van der Waals surface area contributed by atoms with Crippen molar-refractivity contribution in [1.82, 2.24) is 19.2 Å². The highest BCUT2D eigenvalue weighted by Crippen LogP contribution is 2.24. The van der Waals surface area contributed by atoms with E-state index in [9.17, 15) is 8.78 Å². The van der Waals surface area contributed by atoms with Gasteiger partial charge in [0.15, 0.2) is 17.5 Å². The summed E-state index contributed by atoms with van der Waals surface area (Å²) in [5.41, 5.74) is 1.52. The van der Waals surface area contributed by atoms with Crippen LogP contribution in [-0.2, 0) is 6.42 Å². The molecule has 3 heterocycles. The minimum absolute atomic E-state index is 0.582. The van der Waals surface area contributed by atoms with Crippen molar-refractivity contribution in [2.24, 2.45) is 0 Å². The number of nitrogens with zero attached hydrogens (tertiary/aromatic N) is 5. The van der Waals surface area contributed by atoms with Gasteiger partial charge in [-0.2, -0.15) is 9.36 Å². The number of aromatic nitrogens is 3. The van der Waals surface area contributed by atoms with E-state index in [1.54, 1.807) is 18.3 Å². The summed E-state index contributed by atoms with van der Waals surface area (Å²) in [6.45, 7) is 4.28. The first kappa shape index (κ1) is 19.2. The smallest absolute Gasteiger partial charge is 0.205 e. The van der Waals surface area contributed by atoms with Gasteiger partial charge in [0.1, 0.15) is 5.69 Å². The largest absolute Gasteiger partial charge is 0.344 e. The van der Waals surface area contributed by atoms with Crippen molar-refractivity contribution < 1.29 is 8.78 Å². The number of benzene rings is 1. The van der Waals surface area contributed by atoms with Crippen molar-refractivity contribution in [3.63, 3.8) is 0 Å². The van der Waals surface area contributed by atoms with E-state index < -0.39 is 11.6 Å². The van der Waals surface area contributed by atoms with Gasteiger partial charge in [0.25, 0.3) is 0 Å². The average molecular weight is 422 g/mol. The zero-order valence-electron chi connectivity index (χ0n) is 15.0. The molecule has 146 valence electrons. The van der Waals surface area contributed by atoms with Gasteiger partial charge in [-0.3, -0.25) is 9.88 Å². The summed E-state index contributed by atoms with van der Waals surface area (Å²) in [6, 6.07) is 7.69. The normalized spacial score (nSPS) is 15.2. The second-order valence-electron chi connectivity index (χ2n) is 6.59. The van der Waals surface area contributed by atoms with E-state index in [0.717, 1.165) is 43.4 Å². The molecule has 5 nitrogen and oxygen atoms in total. The number of pyridine rings is 1. The Hall–Kier alpha value is -2.16. The third kappa shape index (κ3) is 4.45. The second-order valence-corrected chi connectivity index (χ2v) is 7.76. The lowest BCUT2D eigenvalue weighted by atomic mass is 10.1. The Bertz CT molecular complexity index is 942. The van der Waals surface area contributed by atoms with Crippen molar-refractivity contribution in [3.05, 3.63) is 58.7 Å². The maximum atomic E-state index is 13.3. The highest BCUT2D eigenvalue weighted by atomic mass is 35.5. The average Bonchev–Trinajstić information content (AvgIpc) is 3.20. The molecule has 4 rings (SSSR count). The van der Waals surface area contributed by atoms with Crippen LogP contribution in [-0.4, -0.2) is 52.0 Å². The Labute approximate surface area is 170 Å². The Kier molecular flexibility index (Phi) is 5.79. The van der Waals surface area contributed by atoms with Crippen LogP contribution >= 0.6 is 23.1 Å². The Morgan fingerprint density at radius 1 is 1.04 bits per heavy atom. The van der Waals surface area contributed by atoms with Crippen LogP contribution in [0.15, 0.2) is 36.5 Å². The molecule has 0 spiro atoms. The molecule has 2 aromatic heterocycles. The van der Waals surface area contributed by atoms with Gasteiger partial charge in [-0.15, -0.1) is 0 Å². The van der Waals surface area contributed by atoms with E-state index in [-0.39, 0.29) is 0 Å². The molecule has 1 aromatic carbocycles. The van der Waals surface area contributed by atoms with Crippen LogP contribution in [0.1, 0.15) is 5.56 Å². The molecule has 0 atom stereocenters. The fourth-order valence-corrected chi connectivity index (χ4v) is 3.94. The van der Waals surface area contributed by atoms with Crippen LogP contribution in [0.5, 0.6) is 0 Å². The van der Waals surface area contributed by atoms with Crippen molar-refractivity contribution in [3.8, 4) is 11.5 Å². The zero-order chi connectivity index (χ0) is 19.5. The second kappa shape index (κ2) is 8.46. The van der Waals surface area contributed by atoms with Gasteiger partial charge in [0, 0.05) is 50.5 Å². The summed E-state index contributed by atoms with van der Waals surface area (Å²) >= 11 is 7.24. The molecule has 1 aliphatic rings. The molecule has 0 N–H and O–H groups in total. The summed E-state index contributed by atoms with van der Waals surface area (Å²) in [5, 5.41) is 1.46. The van der Waals surface area contributed by atoms with E-state index in [0.29, 0.717) is 23.0 Å². The highest BCUT2D eigenvalue weighted by Gasteiger charge is 2.20. The summed E-state index contributed by atoms with van der Waals surface area (Å²) in [5.74, 6) is -0.982. The molecule has 0 unspecified atom stereocenters. The number of piperazine rings is 1. The number of hydrogen-bond donors (Lipinski definition) is 0. The van der Waals surface area contributed by atoms with E-state index in [4.69, 9.17) is 11.6 Å². The Morgan fingerprint density at radius 3 is 2.57 bits per heavy atom. The van der Waals surface area contributed by atoms with Crippen LogP contribution in [0.3, 0.4) is 0 Å². The SMILES string of the molecule is Fc1ccc(CCN2CCN(c3nc(-c4ccc(Cl)cn4)ns3)CC2)cc1F. The molecule has 1 aliphatic heterocycles. The molecule has 3 aromatic rings.